The minimum atomic E-state index is -1.02. The van der Waals surface area contributed by atoms with E-state index >= 15 is 0 Å². The summed E-state index contributed by atoms with van der Waals surface area (Å²) in [7, 11) is 0. The zero-order valence-electron chi connectivity index (χ0n) is 8.25. The van der Waals surface area contributed by atoms with Crippen LogP contribution in [0.4, 0.5) is 0 Å². The topological polar surface area (TPSA) is 83.5 Å². The Labute approximate surface area is 94.1 Å². The molecular formula is C10H14ClNO3. The molecule has 0 fully saturated rings. The quantitative estimate of drug-likeness (QED) is 0.733. The molecule has 15 heavy (non-hydrogen) atoms. The van der Waals surface area contributed by atoms with Crippen molar-refractivity contribution in [2.75, 3.05) is 0 Å². The minimum Gasteiger partial charge on any atom is -0.508 e. The zero-order valence-corrected chi connectivity index (χ0v) is 9.07. The summed E-state index contributed by atoms with van der Waals surface area (Å²) >= 11 is 0. The first kappa shape index (κ1) is 13.7. The molecule has 0 heterocycles. The van der Waals surface area contributed by atoms with Crippen molar-refractivity contribution in [1.82, 2.24) is 0 Å². The number of aliphatic carboxylic acids is 1. The number of benzene rings is 1. The summed E-state index contributed by atoms with van der Waals surface area (Å²) in [5.74, 6) is -1.14. The number of hydrogen-bond donors (Lipinski definition) is 3. The van der Waals surface area contributed by atoms with E-state index in [1.54, 1.807) is 19.1 Å². The van der Waals surface area contributed by atoms with Crippen LogP contribution in [0, 0.1) is 0 Å². The maximum atomic E-state index is 10.6. The van der Waals surface area contributed by atoms with Crippen LogP contribution < -0.4 is 5.73 Å². The lowest BCUT2D eigenvalue weighted by molar-refractivity contribution is -0.139. The Bertz CT molecular complexity index is 326. The lowest BCUT2D eigenvalue weighted by Gasteiger charge is -2.15. The average Bonchev–Trinajstić information content (AvgIpc) is 2.16. The molecule has 0 saturated carbocycles. The molecule has 0 amide bonds. The lowest BCUT2D eigenvalue weighted by atomic mass is 9.94. The molecule has 0 radical (unpaired) electrons. The third kappa shape index (κ3) is 3.42. The molecule has 84 valence electrons. The molecule has 0 aliphatic rings. The summed E-state index contributed by atoms with van der Waals surface area (Å²) in [6, 6.07) is 5.45. The fourth-order valence-electron chi connectivity index (χ4n) is 1.20. The van der Waals surface area contributed by atoms with Crippen LogP contribution in [0.5, 0.6) is 5.75 Å². The van der Waals surface area contributed by atoms with Crippen LogP contribution in [-0.4, -0.2) is 22.2 Å². The van der Waals surface area contributed by atoms with E-state index in [0.717, 1.165) is 5.56 Å². The van der Waals surface area contributed by atoms with Gasteiger partial charge in [0.25, 0.3) is 0 Å². The fraction of sp³-hybridized carbons (Fsp3) is 0.300. The number of nitrogens with two attached hydrogens (primary N) is 1. The van der Waals surface area contributed by atoms with E-state index in [1.807, 2.05) is 0 Å². The van der Waals surface area contributed by atoms with Gasteiger partial charge in [-0.05, 0) is 17.7 Å². The highest BCUT2D eigenvalue weighted by Gasteiger charge is 2.21. The van der Waals surface area contributed by atoms with E-state index in [0.29, 0.717) is 0 Å². The number of phenols is 1. The van der Waals surface area contributed by atoms with Gasteiger partial charge in [-0.25, -0.2) is 0 Å². The Morgan fingerprint density at radius 3 is 2.20 bits per heavy atom. The molecule has 5 heteroatoms. The van der Waals surface area contributed by atoms with Gasteiger partial charge in [0, 0.05) is 5.92 Å². The lowest BCUT2D eigenvalue weighted by Crippen LogP contribution is -2.35. The predicted molar refractivity (Wildman–Crippen MR) is 59.4 cm³/mol. The van der Waals surface area contributed by atoms with Gasteiger partial charge in [0.1, 0.15) is 11.8 Å². The smallest absolute Gasteiger partial charge is 0.321 e. The largest absolute Gasteiger partial charge is 0.508 e. The first-order valence-electron chi connectivity index (χ1n) is 4.29. The summed E-state index contributed by atoms with van der Waals surface area (Å²) in [5, 5.41) is 17.7. The van der Waals surface area contributed by atoms with Crippen LogP contribution in [0.15, 0.2) is 24.3 Å². The van der Waals surface area contributed by atoms with E-state index in [9.17, 15) is 4.79 Å². The van der Waals surface area contributed by atoms with Crippen molar-refractivity contribution in [2.45, 2.75) is 18.9 Å². The van der Waals surface area contributed by atoms with E-state index in [1.165, 1.54) is 12.1 Å². The maximum Gasteiger partial charge on any atom is 0.321 e. The molecule has 0 bridgehead atoms. The molecule has 1 rings (SSSR count). The van der Waals surface area contributed by atoms with Crippen molar-refractivity contribution >= 4 is 18.4 Å². The summed E-state index contributed by atoms with van der Waals surface area (Å²) < 4.78 is 0. The normalized spacial score (nSPS) is 13.7. The number of aromatic hydroxyl groups is 1. The van der Waals surface area contributed by atoms with E-state index in [2.05, 4.69) is 0 Å². The van der Waals surface area contributed by atoms with Crippen LogP contribution >= 0.6 is 12.4 Å². The molecule has 4 nitrogen and oxygen atoms in total. The number of carboxylic acid groups (broad SMARTS) is 1. The van der Waals surface area contributed by atoms with Gasteiger partial charge in [-0.3, -0.25) is 4.79 Å². The second-order valence-electron chi connectivity index (χ2n) is 3.24. The van der Waals surface area contributed by atoms with Crippen LogP contribution in [0.1, 0.15) is 18.4 Å². The van der Waals surface area contributed by atoms with Gasteiger partial charge in [0.05, 0.1) is 0 Å². The van der Waals surface area contributed by atoms with Crippen LogP contribution in [0.2, 0.25) is 0 Å². The average molecular weight is 232 g/mol. The Hall–Kier alpha value is -1.26. The number of phenolic OH excluding ortho intramolecular Hbond substituents is 1. The first-order chi connectivity index (χ1) is 6.52. The van der Waals surface area contributed by atoms with Crippen molar-refractivity contribution in [3.8, 4) is 5.75 Å². The van der Waals surface area contributed by atoms with Gasteiger partial charge in [-0.15, -0.1) is 12.4 Å². The standard InChI is InChI=1S/C10H13NO3.ClH/c1-6(9(11)10(13)14)7-2-4-8(12)5-3-7;/h2-6,9,12H,11H2,1H3,(H,13,14);1H/t6-,9-;/m0./s1. The van der Waals surface area contributed by atoms with Crippen molar-refractivity contribution in [1.29, 1.82) is 0 Å². The highest BCUT2D eigenvalue weighted by Crippen LogP contribution is 2.20. The number of hydrogen-bond acceptors (Lipinski definition) is 3. The molecule has 0 aliphatic carbocycles. The SMILES string of the molecule is C[C@@H](c1ccc(O)cc1)[C@H](N)C(=O)O.Cl. The Morgan fingerprint density at radius 1 is 1.33 bits per heavy atom. The van der Waals surface area contributed by atoms with E-state index < -0.39 is 12.0 Å². The molecule has 2 atom stereocenters. The second kappa shape index (κ2) is 5.58. The molecular weight excluding hydrogens is 218 g/mol. The van der Waals surface area contributed by atoms with Gasteiger partial charge in [-0.1, -0.05) is 19.1 Å². The Balaban J connectivity index is 0.00000196. The van der Waals surface area contributed by atoms with Gasteiger partial charge < -0.3 is 15.9 Å². The molecule has 0 saturated heterocycles. The second-order valence-corrected chi connectivity index (χ2v) is 3.24. The summed E-state index contributed by atoms with van der Waals surface area (Å²) in [6.45, 7) is 1.74. The van der Waals surface area contributed by atoms with Gasteiger partial charge in [0.15, 0.2) is 0 Å². The monoisotopic (exact) mass is 231 g/mol. The van der Waals surface area contributed by atoms with Crippen molar-refractivity contribution in [2.24, 2.45) is 5.73 Å². The predicted octanol–water partition coefficient (Wildman–Crippen LogP) is 1.33. The van der Waals surface area contributed by atoms with Gasteiger partial charge in [0.2, 0.25) is 0 Å². The minimum absolute atomic E-state index is 0. The molecule has 1 aromatic rings. The molecule has 0 aliphatic heterocycles. The van der Waals surface area contributed by atoms with Crippen LogP contribution in [0.3, 0.4) is 0 Å². The summed E-state index contributed by atoms with van der Waals surface area (Å²) in [6.07, 6.45) is 0. The maximum absolute atomic E-state index is 10.6. The zero-order chi connectivity index (χ0) is 10.7. The third-order valence-electron chi connectivity index (χ3n) is 2.24. The fourth-order valence-corrected chi connectivity index (χ4v) is 1.20. The van der Waals surface area contributed by atoms with Crippen LogP contribution in [0.25, 0.3) is 0 Å². The van der Waals surface area contributed by atoms with Gasteiger partial charge in [-0.2, -0.15) is 0 Å². The number of carboxylic acids is 1. The van der Waals surface area contributed by atoms with Gasteiger partial charge >= 0.3 is 5.97 Å². The first-order valence-corrected chi connectivity index (χ1v) is 4.29. The van der Waals surface area contributed by atoms with E-state index in [-0.39, 0.29) is 24.1 Å². The molecule has 0 aromatic heterocycles. The van der Waals surface area contributed by atoms with Crippen LogP contribution in [-0.2, 0) is 4.79 Å². The number of rotatable bonds is 3. The molecule has 1 aromatic carbocycles. The molecule has 0 spiro atoms. The Morgan fingerprint density at radius 2 is 1.80 bits per heavy atom. The van der Waals surface area contributed by atoms with Crippen molar-refractivity contribution in [3.05, 3.63) is 29.8 Å². The highest BCUT2D eigenvalue weighted by molar-refractivity contribution is 5.85. The highest BCUT2D eigenvalue weighted by atomic mass is 35.5. The third-order valence-corrected chi connectivity index (χ3v) is 2.24. The molecule has 0 unspecified atom stereocenters. The summed E-state index contributed by atoms with van der Waals surface area (Å²) in [5.41, 5.74) is 6.27. The van der Waals surface area contributed by atoms with E-state index in [4.69, 9.17) is 15.9 Å². The number of halogens is 1. The van der Waals surface area contributed by atoms with Crippen molar-refractivity contribution < 1.29 is 15.0 Å². The van der Waals surface area contributed by atoms with Crippen molar-refractivity contribution in [3.63, 3.8) is 0 Å². The summed E-state index contributed by atoms with van der Waals surface area (Å²) in [4.78, 5) is 10.6. The number of carbonyl (C=O) groups is 1. The molecule has 4 N–H and O–H groups in total. The Kier molecular flexibility index (Phi) is 5.11.